The summed E-state index contributed by atoms with van der Waals surface area (Å²) in [6, 6.07) is 22.1. The fourth-order valence-corrected chi connectivity index (χ4v) is 4.73. The van der Waals surface area contributed by atoms with E-state index >= 15 is 0 Å². The normalized spacial score (nSPS) is 14.4. The van der Waals surface area contributed by atoms with Gasteiger partial charge in [0.1, 0.15) is 5.75 Å². The smallest absolute Gasteiger partial charge is 0.261 e. The van der Waals surface area contributed by atoms with Gasteiger partial charge in [-0.1, -0.05) is 48.5 Å². The second-order valence-corrected chi connectivity index (χ2v) is 8.77. The Balaban J connectivity index is 1.68. The molecular weight excluding hydrogens is 398 g/mol. The number of rotatable bonds is 6. The number of anilines is 2. The average Bonchev–Trinajstić information content (AvgIpc) is 2.80. The number of hydrogen-bond acceptors (Lipinski definition) is 5. The molecule has 7 heteroatoms. The molecule has 0 saturated carbocycles. The maximum absolute atomic E-state index is 13.2. The zero-order chi connectivity index (χ0) is 21.0. The molecule has 2 N–H and O–H groups in total. The minimum Gasteiger partial charge on any atom is -0.495 e. The lowest BCUT2D eigenvalue weighted by atomic mass is 10.0. The molecule has 0 atom stereocenters. The molecule has 1 heterocycles. The highest BCUT2D eigenvalue weighted by Crippen LogP contribution is 2.33. The number of ether oxygens (including phenoxy) is 1. The van der Waals surface area contributed by atoms with Crippen LogP contribution in [0.25, 0.3) is 11.1 Å². The Bertz CT molecular complexity index is 1110. The fourth-order valence-electron chi connectivity index (χ4n) is 3.64. The molecule has 6 nitrogen and oxygen atoms in total. The van der Waals surface area contributed by atoms with Gasteiger partial charge >= 0.3 is 0 Å². The second kappa shape index (κ2) is 8.77. The van der Waals surface area contributed by atoms with E-state index in [1.165, 1.54) is 0 Å². The predicted molar refractivity (Wildman–Crippen MR) is 121 cm³/mol. The molecule has 3 aromatic carbocycles. The fraction of sp³-hybridized carbons (Fsp3) is 0.217. The summed E-state index contributed by atoms with van der Waals surface area (Å²) in [6.07, 6.45) is 0. The summed E-state index contributed by atoms with van der Waals surface area (Å²) in [7, 11) is -2.18. The lowest BCUT2D eigenvalue weighted by molar-refractivity contribution is 0.412. The summed E-state index contributed by atoms with van der Waals surface area (Å²) < 4.78 is 34.7. The summed E-state index contributed by atoms with van der Waals surface area (Å²) in [5.41, 5.74) is 3.12. The molecule has 0 spiro atoms. The molecule has 0 aliphatic carbocycles. The molecule has 156 valence electrons. The Morgan fingerprint density at radius 3 is 2.37 bits per heavy atom. The maximum Gasteiger partial charge on any atom is 0.261 e. The van der Waals surface area contributed by atoms with Gasteiger partial charge in [0, 0.05) is 31.7 Å². The van der Waals surface area contributed by atoms with E-state index in [1.807, 2.05) is 48.5 Å². The van der Waals surface area contributed by atoms with Crippen molar-refractivity contribution in [2.24, 2.45) is 0 Å². The predicted octanol–water partition coefficient (Wildman–Crippen LogP) is 3.57. The average molecular weight is 424 g/mol. The molecule has 0 bridgehead atoms. The van der Waals surface area contributed by atoms with Crippen LogP contribution in [0.15, 0.2) is 77.7 Å². The van der Waals surface area contributed by atoms with Crippen molar-refractivity contribution in [1.82, 2.24) is 5.32 Å². The van der Waals surface area contributed by atoms with Crippen molar-refractivity contribution in [1.29, 1.82) is 0 Å². The Morgan fingerprint density at radius 1 is 0.933 bits per heavy atom. The number of piperazine rings is 1. The van der Waals surface area contributed by atoms with E-state index < -0.39 is 10.0 Å². The van der Waals surface area contributed by atoms with Crippen molar-refractivity contribution in [2.75, 3.05) is 42.9 Å². The highest BCUT2D eigenvalue weighted by atomic mass is 32.2. The van der Waals surface area contributed by atoms with Crippen molar-refractivity contribution in [3.8, 4) is 16.9 Å². The highest BCUT2D eigenvalue weighted by Gasteiger charge is 2.21. The van der Waals surface area contributed by atoms with Crippen LogP contribution in [0.5, 0.6) is 5.75 Å². The first kappa shape index (κ1) is 20.3. The molecule has 1 saturated heterocycles. The van der Waals surface area contributed by atoms with Crippen LogP contribution in [0.4, 0.5) is 11.4 Å². The number of nitrogens with zero attached hydrogens (tertiary/aromatic N) is 1. The number of nitrogens with one attached hydrogen (secondary N) is 2. The van der Waals surface area contributed by atoms with Gasteiger partial charge in [0.2, 0.25) is 0 Å². The first-order valence-electron chi connectivity index (χ1n) is 9.89. The van der Waals surface area contributed by atoms with Crippen molar-refractivity contribution >= 4 is 21.4 Å². The number of methoxy groups -OCH3 is 1. The van der Waals surface area contributed by atoms with Crippen LogP contribution in [-0.4, -0.2) is 41.7 Å². The zero-order valence-electron chi connectivity index (χ0n) is 16.8. The first-order chi connectivity index (χ1) is 14.6. The van der Waals surface area contributed by atoms with Crippen LogP contribution in [0.2, 0.25) is 0 Å². The summed E-state index contributed by atoms with van der Waals surface area (Å²) in [6.45, 7) is 3.29. The summed E-state index contributed by atoms with van der Waals surface area (Å²) in [5.74, 6) is 0.667. The number of hydrogen-bond donors (Lipinski definition) is 2. The van der Waals surface area contributed by atoms with Gasteiger partial charge in [-0.3, -0.25) is 4.72 Å². The van der Waals surface area contributed by atoms with Crippen molar-refractivity contribution in [3.63, 3.8) is 0 Å². The summed E-state index contributed by atoms with van der Waals surface area (Å²) in [5, 5.41) is 3.31. The lowest BCUT2D eigenvalue weighted by Gasteiger charge is -2.30. The third-order valence-corrected chi connectivity index (χ3v) is 6.54. The molecule has 0 amide bonds. The minimum atomic E-state index is -3.78. The molecule has 0 radical (unpaired) electrons. The molecule has 1 fully saturated rings. The van der Waals surface area contributed by atoms with Crippen LogP contribution in [0, 0.1) is 0 Å². The third-order valence-electron chi connectivity index (χ3n) is 5.17. The van der Waals surface area contributed by atoms with E-state index in [2.05, 4.69) is 14.9 Å². The SMILES string of the molecule is COc1ccc(S(=O)(=O)Nc2ccccc2-c2ccccc2)cc1N1CCNCC1. The Labute approximate surface area is 177 Å². The van der Waals surface area contributed by atoms with E-state index in [4.69, 9.17) is 4.74 Å². The first-order valence-corrected chi connectivity index (χ1v) is 11.4. The largest absolute Gasteiger partial charge is 0.495 e. The minimum absolute atomic E-state index is 0.208. The molecule has 3 aromatic rings. The zero-order valence-corrected chi connectivity index (χ0v) is 17.7. The maximum atomic E-state index is 13.2. The van der Waals surface area contributed by atoms with Crippen LogP contribution < -0.4 is 19.7 Å². The number of benzene rings is 3. The molecule has 4 rings (SSSR count). The van der Waals surface area contributed by atoms with Gasteiger partial charge in [-0.15, -0.1) is 0 Å². The molecule has 1 aliphatic heterocycles. The van der Waals surface area contributed by atoms with E-state index in [-0.39, 0.29) is 4.90 Å². The Morgan fingerprint density at radius 2 is 1.63 bits per heavy atom. The van der Waals surface area contributed by atoms with Gasteiger partial charge in [-0.05, 0) is 29.8 Å². The second-order valence-electron chi connectivity index (χ2n) is 7.09. The summed E-state index contributed by atoms with van der Waals surface area (Å²) in [4.78, 5) is 2.35. The van der Waals surface area contributed by atoms with E-state index in [9.17, 15) is 8.42 Å². The van der Waals surface area contributed by atoms with Gasteiger partial charge in [0.25, 0.3) is 10.0 Å². The van der Waals surface area contributed by atoms with Crippen LogP contribution in [0.3, 0.4) is 0 Å². The quantitative estimate of drug-likeness (QED) is 0.634. The topological polar surface area (TPSA) is 70.7 Å². The molecule has 30 heavy (non-hydrogen) atoms. The lowest BCUT2D eigenvalue weighted by Crippen LogP contribution is -2.43. The Kier molecular flexibility index (Phi) is 5.92. The molecule has 1 aliphatic rings. The van der Waals surface area contributed by atoms with Crippen LogP contribution >= 0.6 is 0 Å². The monoisotopic (exact) mass is 423 g/mol. The van der Waals surface area contributed by atoms with Gasteiger partial charge < -0.3 is 15.0 Å². The molecule has 0 unspecified atom stereocenters. The van der Waals surface area contributed by atoms with Gasteiger partial charge in [0.05, 0.1) is 23.4 Å². The molecular formula is C23H25N3O3S. The third kappa shape index (κ3) is 4.27. The van der Waals surface area contributed by atoms with E-state index in [0.717, 1.165) is 43.0 Å². The van der Waals surface area contributed by atoms with Crippen molar-refractivity contribution < 1.29 is 13.2 Å². The van der Waals surface area contributed by atoms with Crippen molar-refractivity contribution in [2.45, 2.75) is 4.90 Å². The summed E-state index contributed by atoms with van der Waals surface area (Å²) >= 11 is 0. The van der Waals surface area contributed by atoms with E-state index in [1.54, 1.807) is 31.4 Å². The van der Waals surface area contributed by atoms with Crippen LogP contribution in [-0.2, 0) is 10.0 Å². The number of sulfonamides is 1. The highest BCUT2D eigenvalue weighted by molar-refractivity contribution is 7.92. The van der Waals surface area contributed by atoms with Gasteiger partial charge in [-0.2, -0.15) is 0 Å². The number of para-hydroxylation sites is 1. The molecule has 0 aromatic heterocycles. The van der Waals surface area contributed by atoms with Crippen LogP contribution in [0.1, 0.15) is 0 Å². The van der Waals surface area contributed by atoms with E-state index in [0.29, 0.717) is 11.4 Å². The van der Waals surface area contributed by atoms with Gasteiger partial charge in [0.15, 0.2) is 0 Å². The standard InChI is InChI=1S/C23H25N3O3S/c1-29-23-12-11-19(17-22(23)26-15-13-24-14-16-26)30(27,28)25-21-10-6-5-9-20(21)18-7-3-2-4-8-18/h2-12,17,24-25H,13-16H2,1H3. The van der Waals surface area contributed by atoms with Crippen molar-refractivity contribution in [3.05, 3.63) is 72.8 Å². The van der Waals surface area contributed by atoms with Gasteiger partial charge in [-0.25, -0.2) is 8.42 Å². The Hall–Kier alpha value is -3.03.